The Kier molecular flexibility index (Phi) is 2.48. The molecule has 1 aliphatic rings. The van der Waals surface area contributed by atoms with Gasteiger partial charge in [0, 0.05) is 11.9 Å². The molecular weight excluding hydrogens is 268 g/mol. The summed E-state index contributed by atoms with van der Waals surface area (Å²) in [7, 11) is 0. The molecule has 4 nitrogen and oxygen atoms in total. The van der Waals surface area contributed by atoms with Gasteiger partial charge in [0.1, 0.15) is 4.60 Å². The van der Waals surface area contributed by atoms with Crippen LogP contribution in [0.15, 0.2) is 9.98 Å². The first-order chi connectivity index (χ1) is 6.62. The van der Waals surface area contributed by atoms with Crippen molar-refractivity contribution in [3.8, 4) is 0 Å². The SMILES string of the molecule is O=C(O)C1(CNc2nc(Br)cs2)CC1. The van der Waals surface area contributed by atoms with Crippen molar-refractivity contribution in [2.24, 2.45) is 5.41 Å². The Labute approximate surface area is 93.5 Å². The number of aromatic nitrogens is 1. The fraction of sp³-hybridized carbons (Fsp3) is 0.500. The van der Waals surface area contributed by atoms with Crippen molar-refractivity contribution in [2.75, 3.05) is 11.9 Å². The highest BCUT2D eigenvalue weighted by Gasteiger charge is 2.50. The second-order valence-electron chi connectivity index (χ2n) is 3.41. The Bertz CT molecular complexity index is 362. The van der Waals surface area contributed by atoms with Crippen LogP contribution < -0.4 is 5.32 Å². The van der Waals surface area contributed by atoms with E-state index in [0.717, 1.165) is 22.6 Å². The van der Waals surface area contributed by atoms with E-state index in [1.165, 1.54) is 11.3 Å². The number of aliphatic carboxylic acids is 1. The highest BCUT2D eigenvalue weighted by atomic mass is 79.9. The van der Waals surface area contributed by atoms with E-state index < -0.39 is 11.4 Å². The maximum absolute atomic E-state index is 10.8. The number of rotatable bonds is 4. The molecule has 0 amide bonds. The second-order valence-corrected chi connectivity index (χ2v) is 5.08. The van der Waals surface area contributed by atoms with Gasteiger partial charge in [-0.3, -0.25) is 4.79 Å². The number of anilines is 1. The van der Waals surface area contributed by atoms with Crippen molar-refractivity contribution in [2.45, 2.75) is 12.8 Å². The summed E-state index contributed by atoms with van der Waals surface area (Å²) in [6.07, 6.45) is 1.53. The van der Waals surface area contributed by atoms with Gasteiger partial charge in [0.25, 0.3) is 0 Å². The number of carbonyl (C=O) groups is 1. The minimum absolute atomic E-state index is 0.474. The largest absolute Gasteiger partial charge is 0.481 e. The Morgan fingerprint density at radius 1 is 1.79 bits per heavy atom. The van der Waals surface area contributed by atoms with E-state index >= 15 is 0 Å². The van der Waals surface area contributed by atoms with Gasteiger partial charge in [-0.2, -0.15) is 0 Å². The Hall–Kier alpha value is -0.620. The maximum atomic E-state index is 10.8. The lowest BCUT2D eigenvalue weighted by molar-refractivity contribution is -0.142. The lowest BCUT2D eigenvalue weighted by Gasteiger charge is -2.09. The molecule has 0 unspecified atom stereocenters. The predicted octanol–water partition coefficient (Wildman–Crippen LogP) is 2.18. The number of nitrogens with one attached hydrogen (secondary N) is 1. The summed E-state index contributed by atoms with van der Waals surface area (Å²) in [5.41, 5.74) is -0.530. The predicted molar refractivity (Wildman–Crippen MR) is 57.6 cm³/mol. The molecule has 76 valence electrons. The van der Waals surface area contributed by atoms with Gasteiger partial charge in [-0.1, -0.05) is 0 Å². The van der Waals surface area contributed by atoms with Gasteiger partial charge in [-0.05, 0) is 28.8 Å². The number of halogens is 1. The topological polar surface area (TPSA) is 62.2 Å². The van der Waals surface area contributed by atoms with Crippen LogP contribution in [0.25, 0.3) is 0 Å². The maximum Gasteiger partial charge on any atom is 0.311 e. The van der Waals surface area contributed by atoms with Crippen LogP contribution in [0.2, 0.25) is 0 Å². The van der Waals surface area contributed by atoms with Crippen LogP contribution in [0.3, 0.4) is 0 Å². The van der Waals surface area contributed by atoms with Crippen molar-refractivity contribution >= 4 is 38.4 Å². The summed E-state index contributed by atoms with van der Waals surface area (Å²) in [6, 6.07) is 0. The summed E-state index contributed by atoms with van der Waals surface area (Å²) in [5, 5.41) is 14.6. The molecule has 1 aromatic heterocycles. The zero-order valence-corrected chi connectivity index (χ0v) is 9.69. The molecule has 1 aromatic rings. The number of nitrogens with zero attached hydrogens (tertiary/aromatic N) is 1. The average molecular weight is 277 g/mol. The zero-order chi connectivity index (χ0) is 10.2. The normalized spacial score (nSPS) is 17.8. The summed E-state index contributed by atoms with van der Waals surface area (Å²) in [5.74, 6) is -0.708. The molecule has 1 heterocycles. The summed E-state index contributed by atoms with van der Waals surface area (Å²) >= 11 is 4.71. The van der Waals surface area contributed by atoms with Gasteiger partial charge in [0.15, 0.2) is 5.13 Å². The molecule has 0 radical (unpaired) electrons. The molecule has 0 bridgehead atoms. The van der Waals surface area contributed by atoms with Crippen LogP contribution in [-0.4, -0.2) is 22.6 Å². The lowest BCUT2D eigenvalue weighted by atomic mass is 10.1. The lowest BCUT2D eigenvalue weighted by Crippen LogP contribution is -2.24. The Morgan fingerprint density at radius 3 is 2.93 bits per heavy atom. The monoisotopic (exact) mass is 276 g/mol. The van der Waals surface area contributed by atoms with E-state index in [1.807, 2.05) is 5.38 Å². The van der Waals surface area contributed by atoms with Crippen LogP contribution in [0, 0.1) is 5.41 Å². The van der Waals surface area contributed by atoms with Crippen molar-refractivity contribution in [1.82, 2.24) is 4.98 Å². The van der Waals surface area contributed by atoms with Gasteiger partial charge in [-0.25, -0.2) is 4.98 Å². The summed E-state index contributed by atoms with van der Waals surface area (Å²) in [4.78, 5) is 15.0. The van der Waals surface area contributed by atoms with Gasteiger partial charge in [0.2, 0.25) is 0 Å². The molecule has 1 aliphatic carbocycles. The molecular formula is C8H9BrN2O2S. The van der Waals surface area contributed by atoms with Gasteiger partial charge >= 0.3 is 5.97 Å². The molecule has 0 saturated heterocycles. The Morgan fingerprint density at radius 2 is 2.50 bits per heavy atom. The van der Waals surface area contributed by atoms with Crippen LogP contribution in [0.5, 0.6) is 0 Å². The molecule has 0 aliphatic heterocycles. The molecule has 0 atom stereocenters. The van der Waals surface area contributed by atoms with Gasteiger partial charge in [-0.15, -0.1) is 11.3 Å². The third kappa shape index (κ3) is 1.90. The number of hydrogen-bond donors (Lipinski definition) is 2. The smallest absolute Gasteiger partial charge is 0.311 e. The van der Waals surface area contributed by atoms with E-state index in [-0.39, 0.29) is 0 Å². The Balaban J connectivity index is 1.92. The standard InChI is InChI=1S/C8H9BrN2O2S/c9-5-3-14-7(11-5)10-4-8(1-2-8)6(12)13/h3H,1-2,4H2,(H,10,11)(H,12,13). The number of hydrogen-bond acceptors (Lipinski definition) is 4. The van der Waals surface area contributed by atoms with Crippen LogP contribution in [0.4, 0.5) is 5.13 Å². The van der Waals surface area contributed by atoms with Gasteiger partial charge < -0.3 is 10.4 Å². The molecule has 14 heavy (non-hydrogen) atoms. The molecule has 0 aromatic carbocycles. The van der Waals surface area contributed by atoms with Gasteiger partial charge in [0.05, 0.1) is 5.41 Å². The minimum Gasteiger partial charge on any atom is -0.481 e. The fourth-order valence-corrected chi connectivity index (χ4v) is 2.34. The quantitative estimate of drug-likeness (QED) is 0.885. The average Bonchev–Trinajstić information content (AvgIpc) is 2.82. The molecule has 0 spiro atoms. The molecule has 1 fully saturated rings. The summed E-state index contributed by atoms with van der Waals surface area (Å²) < 4.78 is 0.783. The van der Waals surface area contributed by atoms with Crippen molar-refractivity contribution in [1.29, 1.82) is 0 Å². The first kappa shape index (κ1) is 9.92. The molecule has 2 rings (SSSR count). The highest BCUT2D eigenvalue weighted by Crippen LogP contribution is 2.45. The van der Waals surface area contributed by atoms with E-state index in [2.05, 4.69) is 26.2 Å². The van der Waals surface area contributed by atoms with Crippen LogP contribution in [0.1, 0.15) is 12.8 Å². The first-order valence-electron chi connectivity index (χ1n) is 4.21. The summed E-state index contributed by atoms with van der Waals surface area (Å²) in [6.45, 7) is 0.474. The molecule has 6 heteroatoms. The third-order valence-corrected chi connectivity index (χ3v) is 3.87. The second kappa shape index (κ2) is 3.51. The van der Waals surface area contributed by atoms with Crippen LogP contribution in [-0.2, 0) is 4.79 Å². The molecule has 2 N–H and O–H groups in total. The molecule has 1 saturated carbocycles. The highest BCUT2D eigenvalue weighted by molar-refractivity contribution is 9.10. The van der Waals surface area contributed by atoms with E-state index in [4.69, 9.17) is 5.11 Å². The number of carboxylic acids is 1. The van der Waals surface area contributed by atoms with Crippen LogP contribution >= 0.6 is 27.3 Å². The third-order valence-electron chi connectivity index (χ3n) is 2.36. The number of carboxylic acid groups (broad SMARTS) is 1. The number of thiazole rings is 1. The minimum atomic E-state index is -0.708. The first-order valence-corrected chi connectivity index (χ1v) is 5.88. The van der Waals surface area contributed by atoms with Crippen molar-refractivity contribution < 1.29 is 9.90 Å². The van der Waals surface area contributed by atoms with Crippen molar-refractivity contribution in [3.05, 3.63) is 9.98 Å². The fourth-order valence-electron chi connectivity index (χ4n) is 1.20. The van der Waals surface area contributed by atoms with E-state index in [1.54, 1.807) is 0 Å². The van der Waals surface area contributed by atoms with E-state index in [0.29, 0.717) is 6.54 Å². The van der Waals surface area contributed by atoms with Crippen molar-refractivity contribution in [3.63, 3.8) is 0 Å². The zero-order valence-electron chi connectivity index (χ0n) is 7.29. The van der Waals surface area contributed by atoms with E-state index in [9.17, 15) is 4.79 Å².